The van der Waals surface area contributed by atoms with E-state index in [1.54, 1.807) is 7.11 Å². The molecule has 0 saturated carbocycles. The van der Waals surface area contributed by atoms with Gasteiger partial charge in [-0.1, -0.05) is 12.1 Å². The van der Waals surface area contributed by atoms with Gasteiger partial charge in [-0.25, -0.2) is 4.98 Å². The fourth-order valence-corrected chi connectivity index (χ4v) is 1.82. The SMILES string of the molecule is COc1ccc(CNc2cnc(Br)c(C)c2)cc1. The second kappa shape index (κ2) is 5.87. The van der Waals surface area contributed by atoms with Gasteiger partial charge < -0.3 is 10.1 Å². The number of anilines is 1. The summed E-state index contributed by atoms with van der Waals surface area (Å²) >= 11 is 3.39. The van der Waals surface area contributed by atoms with Gasteiger partial charge >= 0.3 is 0 Å². The Hall–Kier alpha value is -1.55. The van der Waals surface area contributed by atoms with Crippen LogP contribution in [-0.2, 0) is 6.54 Å². The van der Waals surface area contributed by atoms with Crippen LogP contribution in [0.3, 0.4) is 0 Å². The highest BCUT2D eigenvalue weighted by molar-refractivity contribution is 9.10. The van der Waals surface area contributed by atoms with Gasteiger partial charge in [0, 0.05) is 6.54 Å². The van der Waals surface area contributed by atoms with E-state index in [4.69, 9.17) is 4.74 Å². The fourth-order valence-electron chi connectivity index (χ4n) is 1.60. The first-order valence-electron chi connectivity index (χ1n) is 5.68. The molecule has 3 nitrogen and oxygen atoms in total. The third-order valence-corrected chi connectivity index (χ3v) is 3.50. The number of hydrogen-bond donors (Lipinski definition) is 1. The average Bonchev–Trinajstić information content (AvgIpc) is 2.41. The molecule has 18 heavy (non-hydrogen) atoms. The van der Waals surface area contributed by atoms with E-state index in [0.717, 1.165) is 28.1 Å². The number of rotatable bonds is 4. The number of aromatic nitrogens is 1. The van der Waals surface area contributed by atoms with E-state index >= 15 is 0 Å². The lowest BCUT2D eigenvalue weighted by molar-refractivity contribution is 0.414. The van der Waals surface area contributed by atoms with E-state index in [1.165, 1.54) is 5.56 Å². The largest absolute Gasteiger partial charge is 0.497 e. The maximum atomic E-state index is 5.13. The van der Waals surface area contributed by atoms with Gasteiger partial charge in [0.25, 0.3) is 0 Å². The molecule has 0 amide bonds. The quantitative estimate of drug-likeness (QED) is 0.873. The zero-order valence-corrected chi connectivity index (χ0v) is 12.0. The van der Waals surface area contributed by atoms with Crippen molar-refractivity contribution in [3.63, 3.8) is 0 Å². The molecule has 0 aliphatic carbocycles. The maximum absolute atomic E-state index is 5.13. The second-order valence-electron chi connectivity index (χ2n) is 4.03. The Balaban J connectivity index is 1.99. The summed E-state index contributed by atoms with van der Waals surface area (Å²) in [4.78, 5) is 4.25. The first-order valence-corrected chi connectivity index (χ1v) is 6.47. The van der Waals surface area contributed by atoms with Crippen LogP contribution in [-0.4, -0.2) is 12.1 Å². The molecular formula is C14H15BrN2O. The second-order valence-corrected chi connectivity index (χ2v) is 4.78. The highest BCUT2D eigenvalue weighted by Crippen LogP contribution is 2.18. The minimum atomic E-state index is 0.771. The molecule has 2 rings (SSSR count). The van der Waals surface area contributed by atoms with Crippen LogP contribution < -0.4 is 10.1 Å². The summed E-state index contributed by atoms with van der Waals surface area (Å²) in [6.07, 6.45) is 1.82. The van der Waals surface area contributed by atoms with Crippen molar-refractivity contribution >= 4 is 21.6 Å². The molecule has 0 fully saturated rings. The lowest BCUT2D eigenvalue weighted by Crippen LogP contribution is -2.00. The summed E-state index contributed by atoms with van der Waals surface area (Å²) in [5.74, 6) is 0.875. The molecule has 1 aromatic heterocycles. The molecular weight excluding hydrogens is 292 g/mol. The maximum Gasteiger partial charge on any atom is 0.118 e. The molecule has 0 unspecified atom stereocenters. The normalized spacial score (nSPS) is 10.2. The Morgan fingerprint density at radius 3 is 2.61 bits per heavy atom. The predicted molar refractivity (Wildman–Crippen MR) is 77.0 cm³/mol. The van der Waals surface area contributed by atoms with Crippen LogP contribution in [0.2, 0.25) is 0 Å². The van der Waals surface area contributed by atoms with Gasteiger partial charge in [-0.15, -0.1) is 0 Å². The van der Waals surface area contributed by atoms with Crippen LogP contribution in [0, 0.1) is 6.92 Å². The molecule has 0 bridgehead atoms. The van der Waals surface area contributed by atoms with E-state index in [1.807, 2.05) is 37.4 Å². The monoisotopic (exact) mass is 306 g/mol. The Morgan fingerprint density at radius 1 is 1.28 bits per heavy atom. The van der Waals surface area contributed by atoms with Gasteiger partial charge in [-0.3, -0.25) is 0 Å². The van der Waals surface area contributed by atoms with Crippen molar-refractivity contribution in [3.05, 3.63) is 52.3 Å². The number of methoxy groups -OCH3 is 1. The highest BCUT2D eigenvalue weighted by Gasteiger charge is 1.99. The summed E-state index contributed by atoms with van der Waals surface area (Å²) in [6, 6.07) is 10.1. The van der Waals surface area contributed by atoms with E-state index in [9.17, 15) is 0 Å². The summed E-state index contributed by atoms with van der Waals surface area (Å²) in [5.41, 5.74) is 3.35. The van der Waals surface area contributed by atoms with Crippen LogP contribution in [0.25, 0.3) is 0 Å². The number of halogens is 1. The number of pyridine rings is 1. The molecule has 1 heterocycles. The zero-order valence-electron chi connectivity index (χ0n) is 10.4. The standard InChI is InChI=1S/C14H15BrN2O/c1-10-7-12(9-17-14(10)15)16-8-11-3-5-13(18-2)6-4-11/h3-7,9,16H,8H2,1-2H3. The Bertz CT molecular complexity index is 526. The number of ether oxygens (including phenoxy) is 1. The molecule has 1 aromatic carbocycles. The summed E-state index contributed by atoms with van der Waals surface area (Å²) in [7, 11) is 1.67. The Morgan fingerprint density at radius 2 is 2.00 bits per heavy atom. The molecule has 0 radical (unpaired) electrons. The van der Waals surface area contributed by atoms with Crippen molar-refractivity contribution in [1.29, 1.82) is 0 Å². The lowest BCUT2D eigenvalue weighted by Gasteiger charge is -2.08. The van der Waals surface area contributed by atoms with E-state index in [-0.39, 0.29) is 0 Å². The van der Waals surface area contributed by atoms with Crippen molar-refractivity contribution in [3.8, 4) is 5.75 Å². The Kier molecular flexibility index (Phi) is 4.20. The Labute approximate surface area is 115 Å². The van der Waals surface area contributed by atoms with Crippen LogP contribution >= 0.6 is 15.9 Å². The van der Waals surface area contributed by atoms with Crippen LogP contribution in [0.1, 0.15) is 11.1 Å². The van der Waals surface area contributed by atoms with Gasteiger partial charge in [0.05, 0.1) is 19.0 Å². The van der Waals surface area contributed by atoms with Crippen molar-refractivity contribution in [2.45, 2.75) is 13.5 Å². The van der Waals surface area contributed by atoms with Crippen LogP contribution in [0.5, 0.6) is 5.75 Å². The molecule has 0 atom stereocenters. The molecule has 94 valence electrons. The molecule has 0 aliphatic heterocycles. The predicted octanol–water partition coefficient (Wildman–Crippen LogP) is 3.77. The zero-order chi connectivity index (χ0) is 13.0. The molecule has 0 saturated heterocycles. The topological polar surface area (TPSA) is 34.1 Å². The van der Waals surface area contributed by atoms with E-state index < -0.39 is 0 Å². The smallest absolute Gasteiger partial charge is 0.118 e. The summed E-state index contributed by atoms with van der Waals surface area (Å²) in [6.45, 7) is 2.79. The highest BCUT2D eigenvalue weighted by atomic mass is 79.9. The molecule has 2 aromatic rings. The number of benzene rings is 1. The number of aryl methyl sites for hydroxylation is 1. The van der Waals surface area contributed by atoms with Crippen molar-refractivity contribution in [2.24, 2.45) is 0 Å². The van der Waals surface area contributed by atoms with E-state index in [0.29, 0.717) is 0 Å². The van der Waals surface area contributed by atoms with E-state index in [2.05, 4.69) is 32.3 Å². The number of hydrogen-bond acceptors (Lipinski definition) is 3. The van der Waals surface area contributed by atoms with Crippen LogP contribution in [0.4, 0.5) is 5.69 Å². The van der Waals surface area contributed by atoms with Crippen molar-refractivity contribution in [1.82, 2.24) is 4.98 Å². The van der Waals surface area contributed by atoms with Gasteiger partial charge in [0.1, 0.15) is 10.4 Å². The summed E-state index contributed by atoms with van der Waals surface area (Å²) in [5, 5.41) is 3.34. The van der Waals surface area contributed by atoms with Crippen molar-refractivity contribution in [2.75, 3.05) is 12.4 Å². The summed E-state index contributed by atoms with van der Waals surface area (Å²) < 4.78 is 6.01. The van der Waals surface area contributed by atoms with Gasteiger partial charge in [-0.2, -0.15) is 0 Å². The molecule has 1 N–H and O–H groups in total. The number of nitrogens with one attached hydrogen (secondary N) is 1. The third kappa shape index (κ3) is 3.23. The molecule has 4 heteroatoms. The number of nitrogens with zero attached hydrogens (tertiary/aromatic N) is 1. The first kappa shape index (κ1) is 12.9. The van der Waals surface area contributed by atoms with Gasteiger partial charge in [0.2, 0.25) is 0 Å². The minimum Gasteiger partial charge on any atom is -0.497 e. The molecule has 0 aliphatic rings. The molecule has 0 spiro atoms. The lowest BCUT2D eigenvalue weighted by atomic mass is 10.2. The third-order valence-electron chi connectivity index (χ3n) is 2.67. The van der Waals surface area contributed by atoms with Gasteiger partial charge in [0.15, 0.2) is 0 Å². The minimum absolute atomic E-state index is 0.771. The van der Waals surface area contributed by atoms with Gasteiger partial charge in [-0.05, 0) is 52.2 Å². The van der Waals surface area contributed by atoms with Crippen LogP contribution in [0.15, 0.2) is 41.1 Å². The average molecular weight is 307 g/mol. The first-order chi connectivity index (χ1) is 8.69. The fraction of sp³-hybridized carbons (Fsp3) is 0.214. The van der Waals surface area contributed by atoms with Crippen molar-refractivity contribution < 1.29 is 4.74 Å².